The maximum Gasteiger partial charge on any atom is 0.244 e. The number of carbonyl (C=O) groups excluding carboxylic acids is 1. The quantitative estimate of drug-likeness (QED) is 0.157. The van der Waals surface area contributed by atoms with Crippen LogP contribution in [0.3, 0.4) is 0 Å². The van der Waals surface area contributed by atoms with Gasteiger partial charge in [-0.05, 0) is 91.3 Å². The Morgan fingerprint density at radius 2 is 2.02 bits per heavy atom. The van der Waals surface area contributed by atoms with Crippen molar-refractivity contribution in [3.8, 4) is 23.6 Å². The third-order valence-corrected chi connectivity index (χ3v) is 7.07. The van der Waals surface area contributed by atoms with Crippen LogP contribution < -0.4 is 10.8 Å². The predicted octanol–water partition coefficient (Wildman–Crippen LogP) is 7.27. The second kappa shape index (κ2) is 20.1. The van der Waals surface area contributed by atoms with Crippen molar-refractivity contribution >= 4 is 18.1 Å². The fourth-order valence-electron chi connectivity index (χ4n) is 5.11. The first-order valence-corrected chi connectivity index (χ1v) is 15.7. The molecule has 2 N–H and O–H groups in total. The number of amides is 1. The minimum atomic E-state index is -1.39. The van der Waals surface area contributed by atoms with Gasteiger partial charge in [0.05, 0.1) is 11.2 Å². The normalized spacial score (nSPS) is 18.3. The molecule has 1 saturated heterocycles. The highest BCUT2D eigenvalue weighted by molar-refractivity contribution is 5.94. The molecule has 2 unspecified atom stereocenters. The van der Waals surface area contributed by atoms with Gasteiger partial charge in [-0.1, -0.05) is 26.5 Å². The summed E-state index contributed by atoms with van der Waals surface area (Å²) in [4.78, 5) is 19.6. The second-order valence-electron chi connectivity index (χ2n) is 10.6. The van der Waals surface area contributed by atoms with Crippen LogP contribution in [0, 0.1) is 12.3 Å². The smallest absolute Gasteiger partial charge is 0.244 e. The van der Waals surface area contributed by atoms with Crippen LogP contribution in [0.5, 0.6) is 0 Å². The van der Waals surface area contributed by atoms with E-state index in [9.17, 15) is 13.6 Å². The van der Waals surface area contributed by atoms with Gasteiger partial charge in [-0.3, -0.25) is 19.8 Å². The van der Waals surface area contributed by atoms with Gasteiger partial charge in [0.15, 0.2) is 0 Å². The van der Waals surface area contributed by atoms with Crippen LogP contribution in [0.2, 0.25) is 0 Å². The van der Waals surface area contributed by atoms with Gasteiger partial charge in [-0.15, -0.1) is 12.3 Å². The van der Waals surface area contributed by atoms with Gasteiger partial charge >= 0.3 is 0 Å². The number of likely N-dealkylation sites (tertiary alicyclic amines) is 1. The molecule has 0 bridgehead atoms. The molecule has 1 aliphatic rings. The summed E-state index contributed by atoms with van der Waals surface area (Å²) < 4.78 is 30.7. The van der Waals surface area contributed by atoms with Gasteiger partial charge in [0.2, 0.25) is 5.91 Å². The zero-order valence-corrected chi connectivity index (χ0v) is 28.4. The molecule has 2 aromatic heterocycles. The van der Waals surface area contributed by atoms with Gasteiger partial charge in [-0.2, -0.15) is 5.10 Å². The molecule has 246 valence electrons. The van der Waals surface area contributed by atoms with Crippen molar-refractivity contribution < 1.29 is 13.6 Å². The van der Waals surface area contributed by atoms with Crippen molar-refractivity contribution in [2.24, 2.45) is 4.99 Å². The lowest BCUT2D eigenvalue weighted by Gasteiger charge is -2.41. The van der Waals surface area contributed by atoms with E-state index in [2.05, 4.69) is 50.9 Å². The Morgan fingerprint density at radius 3 is 2.60 bits per heavy atom. The van der Waals surface area contributed by atoms with Crippen LogP contribution in [0.15, 0.2) is 59.5 Å². The zero-order valence-electron chi connectivity index (χ0n) is 28.4. The summed E-state index contributed by atoms with van der Waals surface area (Å²) in [5.41, 5.74) is 3.56. The predicted molar refractivity (Wildman–Crippen MR) is 185 cm³/mol. The molecular formula is C36H52F2N6O. The number of aromatic nitrogens is 3. The molecule has 1 amide bonds. The van der Waals surface area contributed by atoms with Gasteiger partial charge < -0.3 is 9.88 Å². The van der Waals surface area contributed by atoms with Crippen LogP contribution in [0.4, 0.5) is 8.78 Å². The van der Waals surface area contributed by atoms with Crippen LogP contribution >= 0.6 is 0 Å². The van der Waals surface area contributed by atoms with E-state index >= 15 is 0 Å². The molecule has 2 aromatic rings. The van der Waals surface area contributed by atoms with Crippen LogP contribution in [0.1, 0.15) is 79.5 Å². The lowest BCUT2D eigenvalue weighted by Crippen LogP contribution is -2.56. The average molecular weight is 623 g/mol. The van der Waals surface area contributed by atoms with Gasteiger partial charge in [0.25, 0.3) is 0 Å². The Hall–Kier alpha value is -4.03. The first-order chi connectivity index (χ1) is 21.6. The molecule has 0 saturated carbocycles. The topological polar surface area (TPSA) is 78.3 Å². The molecule has 0 aromatic carbocycles. The summed E-state index contributed by atoms with van der Waals surface area (Å²) in [6, 6.07) is 3.94. The molecule has 1 aliphatic heterocycles. The number of halogens is 2. The van der Waals surface area contributed by atoms with Crippen LogP contribution in [0.25, 0.3) is 23.4 Å². The number of hydrogen-bond donors (Lipinski definition) is 2. The molecule has 0 aliphatic carbocycles. The van der Waals surface area contributed by atoms with E-state index < -0.39 is 17.5 Å². The number of terminal acetylenes is 1. The summed E-state index contributed by atoms with van der Waals surface area (Å²) in [6.45, 7) is 21.5. The lowest BCUT2D eigenvalue weighted by molar-refractivity contribution is -0.118. The minimum Gasteiger partial charge on any atom is -0.346 e. The third-order valence-electron chi connectivity index (χ3n) is 7.07. The van der Waals surface area contributed by atoms with Crippen LogP contribution in [-0.4, -0.2) is 63.5 Å². The molecule has 3 rings (SSSR count). The van der Waals surface area contributed by atoms with Crippen molar-refractivity contribution in [2.45, 2.75) is 86.5 Å². The summed E-state index contributed by atoms with van der Waals surface area (Å²) in [6.07, 6.45) is 14.6. The van der Waals surface area contributed by atoms with Crippen molar-refractivity contribution in [1.82, 2.24) is 25.0 Å². The number of carbonyl (C=O) groups is 1. The largest absolute Gasteiger partial charge is 0.346 e. The number of alkyl halides is 1. The Kier molecular flexibility index (Phi) is 17.4. The summed E-state index contributed by atoms with van der Waals surface area (Å²) in [7, 11) is 0. The van der Waals surface area contributed by atoms with E-state index in [1.54, 1.807) is 32.1 Å². The lowest BCUT2D eigenvalue weighted by atomic mass is 9.90. The number of nitrogens with one attached hydrogen (secondary N) is 2. The monoisotopic (exact) mass is 622 g/mol. The Morgan fingerprint density at radius 1 is 1.33 bits per heavy atom. The van der Waals surface area contributed by atoms with E-state index in [1.807, 2.05) is 50.9 Å². The highest BCUT2D eigenvalue weighted by Crippen LogP contribution is 2.27. The van der Waals surface area contributed by atoms with Crippen molar-refractivity contribution in [3.63, 3.8) is 0 Å². The number of piperidine rings is 1. The van der Waals surface area contributed by atoms with Crippen LogP contribution in [-0.2, 0) is 11.3 Å². The van der Waals surface area contributed by atoms with E-state index in [0.29, 0.717) is 31.0 Å². The Balaban J connectivity index is 0.00000191. The Bertz CT molecular complexity index is 1440. The van der Waals surface area contributed by atoms with E-state index in [0.717, 1.165) is 36.0 Å². The minimum absolute atomic E-state index is 0.124. The fourth-order valence-corrected chi connectivity index (χ4v) is 5.11. The molecule has 3 heterocycles. The third kappa shape index (κ3) is 11.8. The maximum absolute atomic E-state index is 14.5. The highest BCUT2D eigenvalue weighted by Gasteiger charge is 2.33. The zero-order chi connectivity index (χ0) is 34.0. The number of allylic oxidation sites excluding steroid dienone is 3. The molecule has 2 atom stereocenters. The van der Waals surface area contributed by atoms with Gasteiger partial charge in [0, 0.05) is 55.2 Å². The number of rotatable bonds is 11. The number of aryl methyl sites for hydroxylation is 1. The summed E-state index contributed by atoms with van der Waals surface area (Å²) in [5, 5.41) is 10.6. The first kappa shape index (κ1) is 39.0. The van der Waals surface area contributed by atoms with Crippen molar-refractivity contribution in [3.05, 3.63) is 71.3 Å². The molecule has 45 heavy (non-hydrogen) atoms. The Labute approximate surface area is 268 Å². The standard InChI is InChI=1S/C31H42F2N6O.C3H4.C2H6/c1-7-12-26(33)25(22(5)32)20-38-18-11-17-31(6,21-38)35-29(40)16-14-24-27(8-2)36-37-30(24)23-13-15-28(34-9-3)39(10-4)19-23;1-3-2;1-2/h7-8,12-16,19,22H,2,9-11,17-18,20-21H2,1,3-6H3,(H,35,40)(H,36,37);1H,2H3;1-2H3/b12-7-,16-14+,26-25+,34-28?;;. The number of hydrogen-bond acceptors (Lipinski definition) is 4. The fraction of sp³-hybridized carbons (Fsp3) is 0.472. The molecule has 7 nitrogen and oxygen atoms in total. The summed E-state index contributed by atoms with van der Waals surface area (Å²) in [5.74, 6) is 1.46. The van der Waals surface area contributed by atoms with Gasteiger partial charge in [0.1, 0.15) is 23.2 Å². The number of nitrogens with zero attached hydrogens (tertiary/aromatic N) is 4. The van der Waals surface area contributed by atoms with E-state index in [-0.39, 0.29) is 18.0 Å². The SMILES string of the molecule is C#CC.C=Cc1[nH]nc(-c2ccc(=NCC)n(CC)c2)c1/C=C/C(=O)NC1(C)CCCN(C/C(=C(F)/C=C\C)C(C)F)C1.CC. The van der Waals surface area contributed by atoms with Crippen molar-refractivity contribution in [2.75, 3.05) is 26.2 Å². The van der Waals surface area contributed by atoms with Gasteiger partial charge in [-0.25, -0.2) is 8.78 Å². The number of pyridine rings is 1. The average Bonchev–Trinajstić information content (AvgIpc) is 3.43. The second-order valence-corrected chi connectivity index (χ2v) is 10.6. The molecule has 0 spiro atoms. The molecule has 9 heteroatoms. The molecule has 0 radical (unpaired) electrons. The van der Waals surface area contributed by atoms with E-state index in [1.165, 1.54) is 19.1 Å². The molecule has 1 fully saturated rings. The number of H-pyrrole nitrogens is 1. The first-order valence-electron chi connectivity index (χ1n) is 15.7. The van der Waals surface area contributed by atoms with Crippen molar-refractivity contribution in [1.29, 1.82) is 0 Å². The summed E-state index contributed by atoms with van der Waals surface area (Å²) >= 11 is 0. The maximum atomic E-state index is 14.5. The molecular weight excluding hydrogens is 570 g/mol. The van der Waals surface area contributed by atoms with E-state index in [4.69, 9.17) is 0 Å². The highest BCUT2D eigenvalue weighted by atomic mass is 19.1. The number of aromatic amines is 1.